The van der Waals surface area contributed by atoms with Crippen LogP contribution in [0.3, 0.4) is 0 Å². The molecule has 1 amide bonds. The van der Waals surface area contributed by atoms with Crippen molar-refractivity contribution in [3.8, 4) is 11.5 Å². The van der Waals surface area contributed by atoms with Gasteiger partial charge in [0.1, 0.15) is 6.10 Å². The van der Waals surface area contributed by atoms with Crippen molar-refractivity contribution in [2.24, 2.45) is 0 Å². The summed E-state index contributed by atoms with van der Waals surface area (Å²) in [6.07, 6.45) is 3.98. The number of hydrogen-bond acceptors (Lipinski definition) is 6. The minimum absolute atomic E-state index is 0.0262. The number of morpholine rings is 1. The van der Waals surface area contributed by atoms with Gasteiger partial charge >= 0.3 is 0 Å². The summed E-state index contributed by atoms with van der Waals surface area (Å²) >= 11 is 0. The van der Waals surface area contributed by atoms with Crippen molar-refractivity contribution < 1.29 is 24.1 Å². The van der Waals surface area contributed by atoms with Crippen LogP contribution in [0.1, 0.15) is 23.6 Å². The number of aliphatic hydroxyl groups is 1. The van der Waals surface area contributed by atoms with Crippen LogP contribution in [-0.4, -0.2) is 61.0 Å². The predicted octanol–water partition coefficient (Wildman–Crippen LogP) is 1.99. The van der Waals surface area contributed by atoms with Crippen molar-refractivity contribution in [1.82, 2.24) is 9.88 Å². The van der Waals surface area contributed by atoms with Gasteiger partial charge < -0.3 is 24.2 Å². The van der Waals surface area contributed by atoms with E-state index in [9.17, 15) is 9.90 Å². The number of pyridine rings is 1. The first-order chi connectivity index (χ1) is 13.7. The lowest BCUT2D eigenvalue weighted by atomic mass is 9.97. The highest BCUT2D eigenvalue weighted by molar-refractivity contribution is 5.77. The molecule has 1 aliphatic heterocycles. The summed E-state index contributed by atoms with van der Waals surface area (Å²) in [7, 11) is 3.15. The molecule has 1 fully saturated rings. The van der Waals surface area contributed by atoms with E-state index in [1.54, 1.807) is 37.6 Å². The molecule has 2 heterocycles. The topological polar surface area (TPSA) is 81.1 Å². The zero-order chi connectivity index (χ0) is 19.9. The Labute approximate surface area is 164 Å². The molecular formula is C21H26N2O5. The number of carbonyl (C=O) groups is 1. The molecule has 28 heavy (non-hydrogen) atoms. The highest BCUT2D eigenvalue weighted by atomic mass is 16.5. The molecule has 1 aromatic heterocycles. The zero-order valence-electron chi connectivity index (χ0n) is 16.2. The molecular weight excluding hydrogens is 360 g/mol. The number of benzene rings is 1. The van der Waals surface area contributed by atoms with Crippen LogP contribution in [0.25, 0.3) is 0 Å². The van der Waals surface area contributed by atoms with Gasteiger partial charge in [-0.2, -0.15) is 0 Å². The molecule has 1 N–H and O–H groups in total. The van der Waals surface area contributed by atoms with Crippen molar-refractivity contribution in [2.45, 2.75) is 25.0 Å². The Morgan fingerprint density at radius 3 is 2.64 bits per heavy atom. The normalized spacial score (nSPS) is 19.3. The Kier molecular flexibility index (Phi) is 6.84. The van der Waals surface area contributed by atoms with Crippen molar-refractivity contribution in [2.75, 3.05) is 34.0 Å². The summed E-state index contributed by atoms with van der Waals surface area (Å²) in [6, 6.07) is 8.96. The van der Waals surface area contributed by atoms with Crippen LogP contribution in [0.2, 0.25) is 0 Å². The van der Waals surface area contributed by atoms with Gasteiger partial charge in [-0.25, -0.2) is 0 Å². The number of ether oxygens (including phenoxy) is 3. The molecule has 3 rings (SSSR count). The molecule has 0 spiro atoms. The number of aromatic nitrogens is 1. The van der Waals surface area contributed by atoms with E-state index in [0.29, 0.717) is 37.5 Å². The van der Waals surface area contributed by atoms with Crippen LogP contribution in [0, 0.1) is 0 Å². The molecule has 0 unspecified atom stereocenters. The van der Waals surface area contributed by atoms with E-state index in [1.807, 2.05) is 24.3 Å². The zero-order valence-corrected chi connectivity index (χ0v) is 16.2. The van der Waals surface area contributed by atoms with Crippen LogP contribution < -0.4 is 9.47 Å². The van der Waals surface area contributed by atoms with Crippen LogP contribution in [0.5, 0.6) is 11.5 Å². The van der Waals surface area contributed by atoms with E-state index in [-0.39, 0.29) is 18.6 Å². The molecule has 0 bridgehead atoms. The second-order valence-corrected chi connectivity index (χ2v) is 6.59. The van der Waals surface area contributed by atoms with Crippen molar-refractivity contribution in [3.05, 3.63) is 53.9 Å². The number of aliphatic hydroxyl groups excluding tert-OH is 1. The number of aryl methyl sites for hydroxylation is 1. The number of hydrogen-bond donors (Lipinski definition) is 1. The van der Waals surface area contributed by atoms with Gasteiger partial charge in [-0.1, -0.05) is 6.07 Å². The molecule has 7 nitrogen and oxygen atoms in total. The van der Waals surface area contributed by atoms with Gasteiger partial charge in [0.15, 0.2) is 11.5 Å². The largest absolute Gasteiger partial charge is 0.493 e. The molecule has 1 aliphatic rings. The summed E-state index contributed by atoms with van der Waals surface area (Å²) < 4.78 is 16.4. The molecule has 0 radical (unpaired) electrons. The van der Waals surface area contributed by atoms with Gasteiger partial charge in [0.05, 0.1) is 33.5 Å². The third-order valence-electron chi connectivity index (χ3n) is 4.98. The van der Waals surface area contributed by atoms with Gasteiger partial charge in [0, 0.05) is 25.4 Å². The summed E-state index contributed by atoms with van der Waals surface area (Å²) in [5, 5.41) is 9.83. The molecule has 0 aliphatic carbocycles. The van der Waals surface area contributed by atoms with Crippen LogP contribution in [0.4, 0.5) is 0 Å². The lowest BCUT2D eigenvalue weighted by Gasteiger charge is -2.41. The highest BCUT2D eigenvalue weighted by Crippen LogP contribution is 2.36. The fraction of sp³-hybridized carbons (Fsp3) is 0.429. The van der Waals surface area contributed by atoms with E-state index in [1.165, 1.54) is 0 Å². The molecule has 1 aromatic carbocycles. The van der Waals surface area contributed by atoms with Gasteiger partial charge in [-0.3, -0.25) is 9.78 Å². The van der Waals surface area contributed by atoms with E-state index >= 15 is 0 Å². The van der Waals surface area contributed by atoms with Crippen molar-refractivity contribution in [1.29, 1.82) is 0 Å². The predicted molar refractivity (Wildman–Crippen MR) is 103 cm³/mol. The number of methoxy groups -OCH3 is 2. The third-order valence-corrected chi connectivity index (χ3v) is 4.98. The van der Waals surface area contributed by atoms with Crippen molar-refractivity contribution >= 4 is 5.91 Å². The fourth-order valence-electron chi connectivity index (χ4n) is 3.54. The molecule has 7 heteroatoms. The Bertz CT molecular complexity index is 784. The average molecular weight is 386 g/mol. The second kappa shape index (κ2) is 9.52. The monoisotopic (exact) mass is 386 g/mol. The first kappa shape index (κ1) is 20.1. The standard InChI is InChI=1S/C21H26N2O5/c1-26-17-5-4-16(13-18(17)27-2)21-19(14-24)28-12-11-23(21)20(25)6-3-15-7-9-22-10-8-15/h4-5,7-10,13,19,21,24H,3,6,11-12,14H2,1-2H3/t19-,21-/m1/s1. The number of amides is 1. The number of rotatable bonds is 7. The van der Waals surface area contributed by atoms with Crippen LogP contribution in [-0.2, 0) is 16.0 Å². The van der Waals surface area contributed by atoms with E-state index in [0.717, 1.165) is 11.1 Å². The third kappa shape index (κ3) is 4.43. The lowest BCUT2D eigenvalue weighted by Crippen LogP contribution is -2.49. The maximum atomic E-state index is 13.0. The SMILES string of the molecule is COc1ccc([C@@H]2[C@@H](CO)OCCN2C(=O)CCc2ccncc2)cc1OC. The van der Waals surface area contributed by atoms with Gasteiger partial charge in [0.25, 0.3) is 0 Å². The van der Waals surface area contributed by atoms with Crippen LogP contribution >= 0.6 is 0 Å². The van der Waals surface area contributed by atoms with E-state index in [2.05, 4.69) is 4.98 Å². The Balaban J connectivity index is 1.83. The lowest BCUT2D eigenvalue weighted by molar-refractivity contribution is -0.149. The smallest absolute Gasteiger partial charge is 0.223 e. The van der Waals surface area contributed by atoms with Crippen molar-refractivity contribution in [3.63, 3.8) is 0 Å². The summed E-state index contributed by atoms with van der Waals surface area (Å²) in [4.78, 5) is 18.8. The minimum atomic E-state index is -0.489. The summed E-state index contributed by atoms with van der Waals surface area (Å²) in [5.41, 5.74) is 1.91. The maximum absolute atomic E-state index is 13.0. The highest BCUT2D eigenvalue weighted by Gasteiger charge is 2.36. The summed E-state index contributed by atoms with van der Waals surface area (Å²) in [5.74, 6) is 1.21. The Morgan fingerprint density at radius 2 is 1.96 bits per heavy atom. The number of carbonyl (C=O) groups excluding carboxylic acids is 1. The molecule has 2 aromatic rings. The first-order valence-corrected chi connectivity index (χ1v) is 9.30. The maximum Gasteiger partial charge on any atom is 0.223 e. The van der Waals surface area contributed by atoms with Crippen LogP contribution in [0.15, 0.2) is 42.7 Å². The first-order valence-electron chi connectivity index (χ1n) is 9.30. The molecule has 2 atom stereocenters. The molecule has 0 saturated carbocycles. The summed E-state index contributed by atoms with van der Waals surface area (Å²) in [6.45, 7) is 0.702. The average Bonchev–Trinajstić information content (AvgIpc) is 2.77. The second-order valence-electron chi connectivity index (χ2n) is 6.59. The van der Waals surface area contributed by atoms with E-state index in [4.69, 9.17) is 14.2 Å². The minimum Gasteiger partial charge on any atom is -0.493 e. The van der Waals surface area contributed by atoms with Gasteiger partial charge in [-0.05, 0) is 41.8 Å². The van der Waals surface area contributed by atoms with E-state index < -0.39 is 6.10 Å². The van der Waals surface area contributed by atoms with Gasteiger partial charge in [0.2, 0.25) is 5.91 Å². The quantitative estimate of drug-likeness (QED) is 0.784. The Hall–Kier alpha value is -2.64. The number of nitrogens with zero attached hydrogens (tertiary/aromatic N) is 2. The molecule has 150 valence electrons. The fourth-order valence-corrected chi connectivity index (χ4v) is 3.54. The van der Waals surface area contributed by atoms with Gasteiger partial charge in [-0.15, -0.1) is 0 Å². The molecule has 1 saturated heterocycles. The Morgan fingerprint density at radius 1 is 1.21 bits per heavy atom.